The van der Waals surface area contributed by atoms with Gasteiger partial charge in [-0.25, -0.2) is 4.98 Å². The molecule has 17 heavy (non-hydrogen) atoms. The lowest BCUT2D eigenvalue weighted by atomic mass is 10.3. The lowest BCUT2D eigenvalue weighted by molar-refractivity contribution is -0.129. The minimum atomic E-state index is -0.00305. The monoisotopic (exact) mass is 234 g/mol. The first-order chi connectivity index (χ1) is 8.15. The van der Waals surface area contributed by atoms with Crippen molar-refractivity contribution in [3.8, 4) is 0 Å². The Morgan fingerprint density at radius 1 is 1.47 bits per heavy atom. The van der Waals surface area contributed by atoms with Crippen LogP contribution in [0.15, 0.2) is 12.3 Å². The molecule has 0 fully saturated rings. The van der Waals surface area contributed by atoms with Crippen molar-refractivity contribution in [3.05, 3.63) is 29.6 Å². The molecule has 0 saturated carbocycles. The van der Waals surface area contributed by atoms with Crippen molar-refractivity contribution in [3.63, 3.8) is 0 Å². The van der Waals surface area contributed by atoms with E-state index < -0.39 is 0 Å². The van der Waals surface area contributed by atoms with Crippen LogP contribution in [0.1, 0.15) is 17.3 Å². The SMILES string of the molecule is Cc1nc(CN(C)C(=O)Cc2ccn[nH]2)n[nH]1. The summed E-state index contributed by atoms with van der Waals surface area (Å²) >= 11 is 0. The van der Waals surface area contributed by atoms with Crippen LogP contribution in [0.2, 0.25) is 0 Å². The first kappa shape index (κ1) is 11.3. The fraction of sp³-hybridized carbons (Fsp3) is 0.400. The van der Waals surface area contributed by atoms with Crippen molar-refractivity contribution >= 4 is 5.91 Å². The summed E-state index contributed by atoms with van der Waals surface area (Å²) in [7, 11) is 1.73. The second-order valence-corrected chi connectivity index (χ2v) is 3.85. The molecule has 0 aromatic carbocycles. The molecule has 90 valence electrons. The molecule has 1 amide bonds. The van der Waals surface area contributed by atoms with Gasteiger partial charge in [-0.3, -0.25) is 15.0 Å². The highest BCUT2D eigenvalue weighted by Gasteiger charge is 2.12. The van der Waals surface area contributed by atoms with Gasteiger partial charge in [-0.05, 0) is 13.0 Å². The molecule has 7 heteroatoms. The Bertz CT molecular complexity index is 489. The van der Waals surface area contributed by atoms with Crippen LogP contribution in [-0.2, 0) is 17.8 Å². The zero-order valence-electron chi connectivity index (χ0n) is 9.77. The van der Waals surface area contributed by atoms with Gasteiger partial charge in [0.25, 0.3) is 0 Å². The molecule has 2 aromatic heterocycles. The molecule has 0 bridgehead atoms. The molecule has 0 aliphatic heterocycles. The minimum absolute atomic E-state index is 0.00305. The molecule has 2 N–H and O–H groups in total. The lowest BCUT2D eigenvalue weighted by Crippen LogP contribution is -2.28. The Kier molecular flexibility index (Phi) is 3.17. The van der Waals surface area contributed by atoms with Gasteiger partial charge in [0.15, 0.2) is 5.82 Å². The normalized spacial score (nSPS) is 10.5. The second-order valence-electron chi connectivity index (χ2n) is 3.85. The third-order valence-corrected chi connectivity index (χ3v) is 2.35. The van der Waals surface area contributed by atoms with E-state index in [2.05, 4.69) is 25.4 Å². The average Bonchev–Trinajstić information content (AvgIpc) is 2.90. The number of amides is 1. The van der Waals surface area contributed by atoms with Crippen LogP contribution in [-0.4, -0.2) is 43.2 Å². The number of aromatic nitrogens is 5. The number of likely N-dealkylation sites (N-methyl/N-ethyl adjacent to an activating group) is 1. The number of nitrogens with zero attached hydrogens (tertiary/aromatic N) is 4. The summed E-state index contributed by atoms with van der Waals surface area (Å²) in [5.41, 5.74) is 0.799. The Morgan fingerprint density at radius 3 is 2.88 bits per heavy atom. The van der Waals surface area contributed by atoms with Crippen LogP contribution < -0.4 is 0 Å². The minimum Gasteiger partial charge on any atom is -0.338 e. The summed E-state index contributed by atoms with van der Waals surface area (Å²) in [5.74, 6) is 1.36. The number of hydrogen-bond donors (Lipinski definition) is 2. The van der Waals surface area contributed by atoms with E-state index in [0.717, 1.165) is 11.5 Å². The van der Waals surface area contributed by atoms with Gasteiger partial charge in [-0.2, -0.15) is 10.2 Å². The molecule has 2 aromatic rings. The highest BCUT2D eigenvalue weighted by Crippen LogP contribution is 2.01. The van der Waals surface area contributed by atoms with Gasteiger partial charge in [0.1, 0.15) is 5.82 Å². The molecule has 2 heterocycles. The van der Waals surface area contributed by atoms with Crippen LogP contribution in [0, 0.1) is 6.92 Å². The van der Waals surface area contributed by atoms with Crippen molar-refractivity contribution in [2.24, 2.45) is 0 Å². The largest absolute Gasteiger partial charge is 0.338 e. The maximum absolute atomic E-state index is 11.8. The fourth-order valence-corrected chi connectivity index (χ4v) is 1.44. The molecule has 2 rings (SSSR count). The molecule has 0 unspecified atom stereocenters. The number of carbonyl (C=O) groups excluding carboxylic acids is 1. The third kappa shape index (κ3) is 2.90. The van der Waals surface area contributed by atoms with Crippen molar-refractivity contribution in [1.82, 2.24) is 30.3 Å². The van der Waals surface area contributed by atoms with Gasteiger partial charge in [0.2, 0.25) is 5.91 Å². The zero-order chi connectivity index (χ0) is 12.3. The molecule has 0 saturated heterocycles. The standard InChI is InChI=1S/C10H14N6O/c1-7-12-9(15-13-7)6-16(2)10(17)5-8-3-4-11-14-8/h3-4H,5-6H2,1-2H3,(H,11,14)(H,12,13,15). The Hall–Kier alpha value is -2.18. The lowest BCUT2D eigenvalue weighted by Gasteiger charge is -2.14. The summed E-state index contributed by atoms with van der Waals surface area (Å²) in [4.78, 5) is 17.6. The Balaban J connectivity index is 1.91. The topological polar surface area (TPSA) is 90.6 Å². The second kappa shape index (κ2) is 4.77. The van der Waals surface area contributed by atoms with Gasteiger partial charge in [-0.1, -0.05) is 0 Å². The Labute approximate surface area is 98.2 Å². The van der Waals surface area contributed by atoms with E-state index in [4.69, 9.17) is 0 Å². The van der Waals surface area contributed by atoms with Gasteiger partial charge in [0.05, 0.1) is 13.0 Å². The number of H-pyrrole nitrogens is 2. The molecule has 0 radical (unpaired) electrons. The van der Waals surface area contributed by atoms with Gasteiger partial charge in [-0.15, -0.1) is 0 Å². The first-order valence-corrected chi connectivity index (χ1v) is 5.25. The van der Waals surface area contributed by atoms with Crippen LogP contribution in [0.5, 0.6) is 0 Å². The predicted octanol–water partition coefficient (Wildman–Crippen LogP) is 0.0373. The average molecular weight is 234 g/mol. The van der Waals surface area contributed by atoms with Crippen molar-refractivity contribution < 1.29 is 4.79 Å². The molecule has 0 aliphatic rings. The van der Waals surface area contributed by atoms with E-state index in [0.29, 0.717) is 18.8 Å². The Morgan fingerprint density at radius 2 is 2.29 bits per heavy atom. The molecule has 0 spiro atoms. The number of rotatable bonds is 4. The number of hydrogen-bond acceptors (Lipinski definition) is 4. The van der Waals surface area contributed by atoms with E-state index in [9.17, 15) is 4.79 Å². The molecular formula is C10H14N6O. The van der Waals surface area contributed by atoms with E-state index in [1.165, 1.54) is 0 Å². The van der Waals surface area contributed by atoms with E-state index in [1.54, 1.807) is 24.2 Å². The van der Waals surface area contributed by atoms with E-state index in [-0.39, 0.29) is 5.91 Å². The van der Waals surface area contributed by atoms with Gasteiger partial charge >= 0.3 is 0 Å². The number of aromatic amines is 2. The summed E-state index contributed by atoms with van der Waals surface area (Å²) in [6, 6.07) is 1.78. The molecule has 0 aliphatic carbocycles. The number of aryl methyl sites for hydroxylation is 1. The molecule has 7 nitrogen and oxygen atoms in total. The van der Waals surface area contributed by atoms with Crippen molar-refractivity contribution in [2.75, 3.05) is 7.05 Å². The van der Waals surface area contributed by atoms with E-state index >= 15 is 0 Å². The molecular weight excluding hydrogens is 220 g/mol. The number of carbonyl (C=O) groups is 1. The van der Waals surface area contributed by atoms with Crippen LogP contribution in [0.3, 0.4) is 0 Å². The summed E-state index contributed by atoms with van der Waals surface area (Å²) in [5, 5.41) is 13.3. The van der Waals surface area contributed by atoms with Gasteiger partial charge < -0.3 is 4.90 Å². The van der Waals surface area contributed by atoms with Crippen molar-refractivity contribution in [1.29, 1.82) is 0 Å². The number of nitrogens with one attached hydrogen (secondary N) is 2. The summed E-state index contributed by atoms with van der Waals surface area (Å²) in [6.45, 7) is 2.22. The van der Waals surface area contributed by atoms with Crippen molar-refractivity contribution in [2.45, 2.75) is 19.9 Å². The van der Waals surface area contributed by atoms with Crippen LogP contribution >= 0.6 is 0 Å². The highest BCUT2D eigenvalue weighted by molar-refractivity contribution is 5.77. The zero-order valence-corrected chi connectivity index (χ0v) is 9.77. The molecule has 0 atom stereocenters. The van der Waals surface area contributed by atoms with Crippen LogP contribution in [0.4, 0.5) is 0 Å². The highest BCUT2D eigenvalue weighted by atomic mass is 16.2. The summed E-state index contributed by atoms with van der Waals surface area (Å²) in [6.07, 6.45) is 1.93. The summed E-state index contributed by atoms with van der Waals surface area (Å²) < 4.78 is 0. The first-order valence-electron chi connectivity index (χ1n) is 5.25. The van der Waals surface area contributed by atoms with Gasteiger partial charge in [0, 0.05) is 18.9 Å². The quantitative estimate of drug-likeness (QED) is 0.781. The van der Waals surface area contributed by atoms with Crippen LogP contribution in [0.25, 0.3) is 0 Å². The van der Waals surface area contributed by atoms with E-state index in [1.807, 2.05) is 6.92 Å². The third-order valence-electron chi connectivity index (χ3n) is 2.35. The smallest absolute Gasteiger partial charge is 0.228 e. The predicted molar refractivity (Wildman–Crippen MR) is 59.9 cm³/mol. The fourth-order valence-electron chi connectivity index (χ4n) is 1.44. The maximum atomic E-state index is 11.8. The maximum Gasteiger partial charge on any atom is 0.228 e.